The molecule has 0 fully saturated rings. The molecule has 0 radical (unpaired) electrons. The summed E-state index contributed by atoms with van der Waals surface area (Å²) in [5.74, 6) is 0.657. The van der Waals surface area contributed by atoms with Crippen LogP contribution in [0.15, 0.2) is 182 Å². The Hall–Kier alpha value is -7.04. The maximum Gasteiger partial charge on any atom is 0.235 e. The number of fused-ring (bicyclic) bond motifs is 8. The quantitative estimate of drug-likeness (QED) is 0.183. The molecule has 0 N–H and O–H groups in total. The predicted octanol–water partition coefficient (Wildman–Crippen LogP) is 13.3. The molecule has 1 aliphatic rings. The Balaban J connectivity index is 1.22. The third-order valence-electron chi connectivity index (χ3n) is 11.6. The lowest BCUT2D eigenvalue weighted by Crippen LogP contribution is -2.30. The van der Waals surface area contributed by atoms with Crippen LogP contribution in [0.2, 0.25) is 0 Å². The lowest BCUT2D eigenvalue weighted by Gasteiger charge is -2.42. The maximum absolute atomic E-state index is 5.38. The molecule has 3 heterocycles. The fourth-order valence-corrected chi connectivity index (χ4v) is 9.00. The Morgan fingerprint density at radius 1 is 0.473 bits per heavy atom. The van der Waals surface area contributed by atoms with Gasteiger partial charge in [0.1, 0.15) is 0 Å². The zero-order valence-corrected chi connectivity index (χ0v) is 30.6. The molecule has 0 amide bonds. The average Bonchev–Trinajstić information content (AvgIpc) is 3.59. The summed E-state index contributed by atoms with van der Waals surface area (Å²) in [5.41, 5.74) is 13.4. The molecule has 8 aromatic carbocycles. The number of nitrogens with zero attached hydrogens (tertiary/aromatic N) is 4. The third kappa shape index (κ3) is 4.71. The number of anilines is 3. The van der Waals surface area contributed by atoms with E-state index < -0.39 is 0 Å². The fraction of sp³-hybridized carbons (Fsp3) is 0.0588. The summed E-state index contributed by atoms with van der Waals surface area (Å²) in [7, 11) is 0. The van der Waals surface area contributed by atoms with Crippen LogP contribution in [0.3, 0.4) is 0 Å². The Bertz CT molecular complexity index is 3120. The van der Waals surface area contributed by atoms with Crippen LogP contribution in [0.1, 0.15) is 25.0 Å². The summed E-state index contributed by atoms with van der Waals surface area (Å²) in [5, 5.41) is 5.83. The monoisotopic (exact) mass is 704 g/mol. The third-order valence-corrected chi connectivity index (χ3v) is 11.6. The number of benzene rings is 8. The van der Waals surface area contributed by atoms with Crippen LogP contribution in [-0.4, -0.2) is 14.5 Å². The first-order chi connectivity index (χ1) is 27.1. The molecule has 55 heavy (non-hydrogen) atoms. The first kappa shape index (κ1) is 31.5. The molecule has 4 heteroatoms. The molecule has 0 spiro atoms. The summed E-state index contributed by atoms with van der Waals surface area (Å²) in [6.07, 6.45) is 0. The molecular formula is C51H36N4. The highest BCUT2D eigenvalue weighted by atomic mass is 15.2. The molecule has 0 saturated carbocycles. The van der Waals surface area contributed by atoms with Gasteiger partial charge in [-0.3, -0.25) is 4.57 Å². The van der Waals surface area contributed by atoms with Gasteiger partial charge >= 0.3 is 0 Å². The standard InChI is InChI=1S/C51H36N4/c1-51(2)40-24-12-14-26-43(40)54(36-19-7-4-8-20-36)46-32-35(28-30-41(46)51)38-23-15-27-44-48(38)47-37-21-10-9-16-33(37)29-31-45(47)55(44)50-52-42-25-13-11-22-39(42)49(53-50)34-17-5-3-6-18-34/h3-32H,1-2H3. The van der Waals surface area contributed by atoms with E-state index in [-0.39, 0.29) is 5.41 Å². The average molecular weight is 705 g/mol. The van der Waals surface area contributed by atoms with Gasteiger partial charge in [-0.1, -0.05) is 153 Å². The smallest absolute Gasteiger partial charge is 0.235 e. The van der Waals surface area contributed by atoms with Gasteiger partial charge in [-0.05, 0) is 75.5 Å². The Morgan fingerprint density at radius 3 is 2.02 bits per heavy atom. The van der Waals surface area contributed by atoms with Gasteiger partial charge in [0.25, 0.3) is 0 Å². The fourth-order valence-electron chi connectivity index (χ4n) is 9.00. The van der Waals surface area contributed by atoms with E-state index in [1.54, 1.807) is 0 Å². The molecule has 0 saturated heterocycles. The van der Waals surface area contributed by atoms with E-state index in [0.29, 0.717) is 5.95 Å². The molecule has 260 valence electrons. The lowest BCUT2D eigenvalue weighted by atomic mass is 9.73. The summed E-state index contributed by atoms with van der Waals surface area (Å²) < 4.78 is 2.27. The normalized spacial score (nSPS) is 13.4. The Labute approximate surface area is 319 Å². The lowest BCUT2D eigenvalue weighted by molar-refractivity contribution is 0.632. The molecule has 4 nitrogen and oxygen atoms in total. The number of para-hydroxylation sites is 3. The van der Waals surface area contributed by atoms with Crippen LogP contribution in [-0.2, 0) is 5.41 Å². The second kappa shape index (κ2) is 12.0. The Kier molecular flexibility index (Phi) is 6.86. The molecular weight excluding hydrogens is 669 g/mol. The molecule has 0 aliphatic carbocycles. The highest BCUT2D eigenvalue weighted by Crippen LogP contribution is 2.53. The number of hydrogen-bond donors (Lipinski definition) is 0. The summed E-state index contributed by atoms with van der Waals surface area (Å²) >= 11 is 0. The van der Waals surface area contributed by atoms with Crippen LogP contribution < -0.4 is 4.90 Å². The molecule has 0 bridgehead atoms. The van der Waals surface area contributed by atoms with E-state index in [1.165, 1.54) is 49.6 Å². The van der Waals surface area contributed by atoms with E-state index >= 15 is 0 Å². The molecule has 2 aromatic heterocycles. The first-order valence-electron chi connectivity index (χ1n) is 18.9. The van der Waals surface area contributed by atoms with Crippen molar-refractivity contribution in [1.29, 1.82) is 0 Å². The summed E-state index contributed by atoms with van der Waals surface area (Å²) in [4.78, 5) is 13.1. The summed E-state index contributed by atoms with van der Waals surface area (Å²) in [6.45, 7) is 4.70. The highest BCUT2D eigenvalue weighted by molar-refractivity contribution is 6.25. The van der Waals surface area contributed by atoms with Crippen molar-refractivity contribution in [2.45, 2.75) is 19.3 Å². The SMILES string of the molecule is CC1(C)c2ccccc2N(c2ccccc2)c2cc(-c3cccc4c3c3c5ccccc5ccc3n4-c3nc(-c4ccccc4)c4ccccc4n3)ccc21. The van der Waals surface area contributed by atoms with Gasteiger partial charge in [0.2, 0.25) is 5.95 Å². The van der Waals surface area contributed by atoms with Crippen molar-refractivity contribution >= 4 is 60.5 Å². The van der Waals surface area contributed by atoms with E-state index in [1.807, 2.05) is 6.07 Å². The molecule has 0 atom stereocenters. The second-order valence-electron chi connectivity index (χ2n) is 15.0. The van der Waals surface area contributed by atoms with Crippen molar-refractivity contribution in [3.63, 3.8) is 0 Å². The van der Waals surface area contributed by atoms with Gasteiger partial charge in [0, 0.05) is 32.8 Å². The van der Waals surface area contributed by atoms with Crippen LogP contribution in [0.25, 0.3) is 71.8 Å². The van der Waals surface area contributed by atoms with Crippen LogP contribution in [0, 0.1) is 0 Å². The van der Waals surface area contributed by atoms with Gasteiger partial charge in [-0.2, -0.15) is 0 Å². The van der Waals surface area contributed by atoms with Crippen molar-refractivity contribution in [3.8, 4) is 28.3 Å². The van der Waals surface area contributed by atoms with Gasteiger partial charge < -0.3 is 4.90 Å². The van der Waals surface area contributed by atoms with Crippen molar-refractivity contribution in [1.82, 2.24) is 14.5 Å². The number of rotatable bonds is 4. The molecule has 0 unspecified atom stereocenters. The number of hydrogen-bond acceptors (Lipinski definition) is 3. The van der Waals surface area contributed by atoms with Crippen molar-refractivity contribution < 1.29 is 0 Å². The molecule has 10 aromatic rings. The first-order valence-corrected chi connectivity index (χ1v) is 18.9. The van der Waals surface area contributed by atoms with E-state index in [0.717, 1.165) is 44.4 Å². The van der Waals surface area contributed by atoms with Gasteiger partial charge in [-0.25, -0.2) is 9.97 Å². The van der Waals surface area contributed by atoms with Gasteiger partial charge in [0.05, 0.1) is 33.6 Å². The summed E-state index contributed by atoms with van der Waals surface area (Å²) in [6, 6.07) is 65.3. The maximum atomic E-state index is 5.38. The van der Waals surface area contributed by atoms with E-state index in [4.69, 9.17) is 9.97 Å². The van der Waals surface area contributed by atoms with Crippen molar-refractivity contribution in [2.24, 2.45) is 0 Å². The minimum absolute atomic E-state index is 0.183. The second-order valence-corrected chi connectivity index (χ2v) is 15.0. The van der Waals surface area contributed by atoms with Crippen LogP contribution in [0.5, 0.6) is 0 Å². The zero-order chi connectivity index (χ0) is 36.7. The predicted molar refractivity (Wildman–Crippen MR) is 229 cm³/mol. The van der Waals surface area contributed by atoms with Gasteiger partial charge in [0.15, 0.2) is 0 Å². The molecule has 1 aliphatic heterocycles. The minimum atomic E-state index is -0.183. The zero-order valence-electron chi connectivity index (χ0n) is 30.6. The number of aromatic nitrogens is 3. The minimum Gasteiger partial charge on any atom is -0.310 e. The van der Waals surface area contributed by atoms with Crippen molar-refractivity contribution in [3.05, 3.63) is 193 Å². The van der Waals surface area contributed by atoms with Gasteiger partial charge in [-0.15, -0.1) is 0 Å². The largest absolute Gasteiger partial charge is 0.310 e. The van der Waals surface area contributed by atoms with Crippen LogP contribution >= 0.6 is 0 Å². The van der Waals surface area contributed by atoms with Crippen molar-refractivity contribution in [2.75, 3.05) is 4.90 Å². The van der Waals surface area contributed by atoms with E-state index in [2.05, 4.69) is 199 Å². The highest BCUT2D eigenvalue weighted by Gasteiger charge is 2.37. The Morgan fingerprint density at radius 2 is 1.16 bits per heavy atom. The van der Waals surface area contributed by atoms with E-state index in [9.17, 15) is 0 Å². The molecule has 11 rings (SSSR count). The topological polar surface area (TPSA) is 34.0 Å². The van der Waals surface area contributed by atoms with Crippen LogP contribution in [0.4, 0.5) is 17.1 Å².